The molecule has 0 bridgehead atoms. The van der Waals surface area contributed by atoms with Crippen molar-refractivity contribution in [2.75, 3.05) is 0 Å². The van der Waals surface area contributed by atoms with Gasteiger partial charge in [-0.15, -0.1) is 21.5 Å². The van der Waals surface area contributed by atoms with E-state index in [-0.39, 0.29) is 5.60 Å². The summed E-state index contributed by atoms with van der Waals surface area (Å²) in [5, 5.41) is 8.10. The van der Waals surface area contributed by atoms with Crippen LogP contribution in [0.5, 0.6) is 0 Å². The van der Waals surface area contributed by atoms with Gasteiger partial charge in [-0.2, -0.15) is 0 Å². The summed E-state index contributed by atoms with van der Waals surface area (Å²) < 4.78 is 8.85. The Morgan fingerprint density at radius 2 is 2.28 bits per heavy atom. The second-order valence-corrected chi connectivity index (χ2v) is 6.32. The van der Waals surface area contributed by atoms with Crippen molar-refractivity contribution in [3.8, 4) is 0 Å². The Bertz CT molecular complexity index is 758. The first-order valence-electron chi connectivity index (χ1n) is 5.87. The van der Waals surface area contributed by atoms with Gasteiger partial charge in [-0.05, 0) is 13.8 Å². The van der Waals surface area contributed by atoms with Crippen molar-refractivity contribution in [3.05, 3.63) is 23.1 Å². The van der Waals surface area contributed by atoms with Gasteiger partial charge in [0.25, 0.3) is 0 Å². The fourth-order valence-electron chi connectivity index (χ4n) is 2.40. The average molecular weight is 260 g/mol. The minimum Gasteiger partial charge on any atom is -0.370 e. The van der Waals surface area contributed by atoms with Gasteiger partial charge in [0.2, 0.25) is 0 Å². The molecule has 0 aliphatic carbocycles. The Labute approximate surface area is 107 Å². The van der Waals surface area contributed by atoms with Crippen molar-refractivity contribution in [3.63, 3.8) is 0 Å². The predicted molar refractivity (Wildman–Crippen MR) is 68.7 cm³/mol. The van der Waals surface area contributed by atoms with Crippen LogP contribution in [0.25, 0.3) is 15.9 Å². The molecule has 0 spiro atoms. The first-order valence-corrected chi connectivity index (χ1v) is 6.68. The molecule has 6 heteroatoms. The number of hydrogen-bond acceptors (Lipinski definition) is 5. The monoisotopic (exact) mass is 260 g/mol. The second-order valence-electron chi connectivity index (χ2n) is 5.21. The summed E-state index contributed by atoms with van der Waals surface area (Å²) in [5.74, 6) is 0. The van der Waals surface area contributed by atoms with Crippen molar-refractivity contribution < 1.29 is 4.74 Å². The summed E-state index contributed by atoms with van der Waals surface area (Å²) in [6.07, 6.45) is 4.38. The Morgan fingerprint density at radius 1 is 1.39 bits per heavy atom. The fraction of sp³-hybridized carbons (Fsp3) is 0.417. The zero-order valence-electron chi connectivity index (χ0n) is 10.2. The van der Waals surface area contributed by atoms with Gasteiger partial charge in [-0.1, -0.05) is 0 Å². The van der Waals surface area contributed by atoms with E-state index in [9.17, 15) is 0 Å². The molecule has 0 aromatic carbocycles. The van der Waals surface area contributed by atoms with Gasteiger partial charge in [-0.25, -0.2) is 4.98 Å². The largest absolute Gasteiger partial charge is 0.370 e. The van der Waals surface area contributed by atoms with Gasteiger partial charge in [0.1, 0.15) is 12.7 Å². The molecule has 3 aromatic rings. The molecule has 92 valence electrons. The molecule has 0 atom stereocenters. The highest BCUT2D eigenvalue weighted by Crippen LogP contribution is 2.38. The smallest absolute Gasteiger partial charge is 0.181 e. The number of fused-ring (bicyclic) bond motifs is 5. The van der Waals surface area contributed by atoms with E-state index >= 15 is 0 Å². The summed E-state index contributed by atoms with van der Waals surface area (Å²) >= 11 is 1.77. The number of nitrogens with zero attached hydrogens (tertiary/aromatic N) is 4. The molecular weight excluding hydrogens is 248 g/mol. The van der Waals surface area contributed by atoms with Gasteiger partial charge < -0.3 is 4.74 Å². The first kappa shape index (κ1) is 10.4. The molecule has 0 unspecified atom stereocenters. The molecule has 18 heavy (non-hydrogen) atoms. The zero-order valence-corrected chi connectivity index (χ0v) is 11.0. The summed E-state index contributed by atoms with van der Waals surface area (Å²) in [6, 6.07) is 0. The number of ether oxygens (including phenoxy) is 1. The fourth-order valence-corrected chi connectivity index (χ4v) is 3.85. The molecule has 4 heterocycles. The lowest BCUT2D eigenvalue weighted by molar-refractivity contribution is -0.0383. The van der Waals surface area contributed by atoms with E-state index in [2.05, 4.69) is 29.0 Å². The topological polar surface area (TPSA) is 52.3 Å². The second kappa shape index (κ2) is 3.27. The van der Waals surface area contributed by atoms with E-state index in [1.807, 2.05) is 4.40 Å². The van der Waals surface area contributed by atoms with Crippen LogP contribution in [0.3, 0.4) is 0 Å². The number of aromatic nitrogens is 4. The molecule has 4 rings (SSSR count). The maximum absolute atomic E-state index is 5.88. The summed E-state index contributed by atoms with van der Waals surface area (Å²) in [5.41, 5.74) is 3.04. The van der Waals surface area contributed by atoms with E-state index in [0.29, 0.717) is 6.61 Å². The van der Waals surface area contributed by atoms with Crippen molar-refractivity contribution in [1.82, 2.24) is 19.6 Å². The average Bonchev–Trinajstić information content (AvgIpc) is 2.88. The van der Waals surface area contributed by atoms with Crippen LogP contribution in [0.1, 0.15) is 24.3 Å². The van der Waals surface area contributed by atoms with E-state index in [4.69, 9.17) is 4.74 Å². The maximum atomic E-state index is 5.88. The SMILES string of the molecule is CC1(C)Cc2sc3c(ncn4cnnc34)c2CO1. The Kier molecular flexibility index (Phi) is 1.89. The number of rotatable bonds is 0. The lowest BCUT2D eigenvalue weighted by Gasteiger charge is -2.29. The lowest BCUT2D eigenvalue weighted by atomic mass is 9.98. The Hall–Kier alpha value is -1.53. The molecule has 0 radical (unpaired) electrons. The van der Waals surface area contributed by atoms with Crippen LogP contribution < -0.4 is 0 Å². The highest BCUT2D eigenvalue weighted by molar-refractivity contribution is 7.20. The van der Waals surface area contributed by atoms with Gasteiger partial charge in [0.05, 0.1) is 22.4 Å². The van der Waals surface area contributed by atoms with Crippen LogP contribution >= 0.6 is 11.3 Å². The van der Waals surface area contributed by atoms with Gasteiger partial charge in [0, 0.05) is 16.9 Å². The molecule has 1 aliphatic heterocycles. The molecule has 5 nitrogen and oxygen atoms in total. The third-order valence-corrected chi connectivity index (χ3v) is 4.56. The third kappa shape index (κ3) is 1.33. The molecule has 1 aliphatic rings. The zero-order chi connectivity index (χ0) is 12.3. The molecule has 3 aromatic heterocycles. The van der Waals surface area contributed by atoms with E-state index < -0.39 is 0 Å². The van der Waals surface area contributed by atoms with E-state index in [1.165, 1.54) is 10.4 Å². The molecule has 0 fully saturated rings. The minimum atomic E-state index is -0.0855. The minimum absolute atomic E-state index is 0.0855. The predicted octanol–water partition coefficient (Wildman–Crippen LogP) is 2.19. The van der Waals surface area contributed by atoms with Crippen molar-refractivity contribution in [2.45, 2.75) is 32.5 Å². The van der Waals surface area contributed by atoms with Crippen LogP contribution in [0.4, 0.5) is 0 Å². The maximum Gasteiger partial charge on any atom is 0.181 e. The molecule has 0 saturated heterocycles. The quantitative estimate of drug-likeness (QED) is 0.621. The van der Waals surface area contributed by atoms with E-state index in [1.54, 1.807) is 24.0 Å². The summed E-state index contributed by atoms with van der Waals surface area (Å²) in [7, 11) is 0. The highest BCUT2D eigenvalue weighted by Gasteiger charge is 2.30. The summed E-state index contributed by atoms with van der Waals surface area (Å²) in [6.45, 7) is 4.89. The van der Waals surface area contributed by atoms with Crippen LogP contribution in [-0.2, 0) is 17.8 Å². The van der Waals surface area contributed by atoms with Gasteiger partial charge >= 0.3 is 0 Å². The highest BCUT2D eigenvalue weighted by atomic mass is 32.1. The van der Waals surface area contributed by atoms with Crippen LogP contribution in [-0.4, -0.2) is 25.2 Å². The molecule has 0 saturated carbocycles. The Balaban J connectivity index is 2.05. The lowest BCUT2D eigenvalue weighted by Crippen LogP contribution is -2.30. The molecular formula is C12H12N4OS. The normalized spacial score (nSPS) is 18.3. The van der Waals surface area contributed by atoms with E-state index in [0.717, 1.165) is 22.3 Å². The van der Waals surface area contributed by atoms with Gasteiger partial charge in [0.15, 0.2) is 5.65 Å². The van der Waals surface area contributed by atoms with Crippen LogP contribution in [0.2, 0.25) is 0 Å². The molecule has 0 amide bonds. The van der Waals surface area contributed by atoms with Gasteiger partial charge in [-0.3, -0.25) is 4.40 Å². The van der Waals surface area contributed by atoms with Crippen molar-refractivity contribution >= 4 is 27.2 Å². The number of thiophene rings is 1. The molecule has 0 N–H and O–H groups in total. The first-order chi connectivity index (χ1) is 8.64. The van der Waals surface area contributed by atoms with Crippen molar-refractivity contribution in [2.24, 2.45) is 0 Å². The summed E-state index contributed by atoms with van der Waals surface area (Å²) in [4.78, 5) is 5.88. The third-order valence-electron chi connectivity index (χ3n) is 3.34. The number of hydrogen-bond donors (Lipinski definition) is 0. The Morgan fingerprint density at radius 3 is 3.17 bits per heavy atom. The van der Waals surface area contributed by atoms with Crippen molar-refractivity contribution in [1.29, 1.82) is 0 Å². The standard InChI is InChI=1S/C12H12N4OS/c1-12(2)3-8-7(4-17-12)9-10(18-8)11-15-14-6-16(11)5-13-9/h5-6H,3-4H2,1-2H3. The van der Waals surface area contributed by atoms with Crippen LogP contribution in [0, 0.1) is 0 Å². The van der Waals surface area contributed by atoms with Crippen LogP contribution in [0.15, 0.2) is 12.7 Å².